The average molecular weight is 364 g/mol. The average Bonchev–Trinajstić information content (AvgIpc) is 2.71. The molecule has 1 fully saturated rings. The van der Waals surface area contributed by atoms with E-state index in [0.29, 0.717) is 0 Å². The van der Waals surface area contributed by atoms with Gasteiger partial charge in [-0.15, -0.1) is 0 Å². The fraction of sp³-hybridized carbons (Fsp3) is 0.348. The van der Waals surface area contributed by atoms with Crippen molar-refractivity contribution in [2.75, 3.05) is 31.2 Å². The molecule has 142 valence electrons. The first-order chi connectivity index (χ1) is 13.2. The molecule has 3 rings (SSSR count). The van der Waals surface area contributed by atoms with Gasteiger partial charge in [0.2, 0.25) is 5.91 Å². The second-order valence-corrected chi connectivity index (χ2v) is 6.91. The fourth-order valence-corrected chi connectivity index (χ4v) is 3.35. The van der Waals surface area contributed by atoms with E-state index < -0.39 is 0 Å². The summed E-state index contributed by atoms with van der Waals surface area (Å²) in [4.78, 5) is 14.7. The van der Waals surface area contributed by atoms with E-state index in [1.807, 2.05) is 31.2 Å². The molecule has 4 heteroatoms. The van der Waals surface area contributed by atoms with Crippen LogP contribution in [-0.4, -0.2) is 32.2 Å². The first-order valence-electron chi connectivity index (χ1n) is 9.63. The molecule has 1 aliphatic rings. The van der Waals surface area contributed by atoms with E-state index in [2.05, 4.69) is 47.5 Å². The van der Waals surface area contributed by atoms with Crippen LogP contribution in [0.2, 0.25) is 0 Å². The monoisotopic (exact) mass is 364 g/mol. The van der Waals surface area contributed by atoms with Crippen LogP contribution in [0.3, 0.4) is 0 Å². The zero-order valence-corrected chi connectivity index (χ0v) is 16.2. The van der Waals surface area contributed by atoms with Gasteiger partial charge in [-0.25, -0.2) is 0 Å². The maximum absolute atomic E-state index is 12.4. The van der Waals surface area contributed by atoms with Crippen LogP contribution in [0, 0.1) is 6.92 Å². The number of rotatable bonds is 6. The third kappa shape index (κ3) is 5.44. The standard InChI is InChI=1S/C23H28N2O2/c1-3-22(24-23(26)11-10-19-7-4-6-18(2)16-19)20-8-5-9-21(17-20)25-12-14-27-15-13-25/h4-11,16-17,22H,3,12-15H2,1-2H3,(H,24,26)/b11-10+. The molecule has 1 amide bonds. The van der Waals surface area contributed by atoms with Crippen LogP contribution in [-0.2, 0) is 9.53 Å². The maximum Gasteiger partial charge on any atom is 0.244 e. The minimum absolute atomic E-state index is 0.000602. The van der Waals surface area contributed by atoms with E-state index in [9.17, 15) is 4.79 Å². The van der Waals surface area contributed by atoms with Gasteiger partial charge >= 0.3 is 0 Å². The molecule has 1 atom stereocenters. The van der Waals surface area contributed by atoms with Crippen LogP contribution in [0.25, 0.3) is 6.08 Å². The Morgan fingerprint density at radius 1 is 1.19 bits per heavy atom. The van der Waals surface area contributed by atoms with E-state index in [1.54, 1.807) is 6.08 Å². The number of nitrogens with one attached hydrogen (secondary N) is 1. The van der Waals surface area contributed by atoms with Crippen molar-refractivity contribution in [2.24, 2.45) is 0 Å². The lowest BCUT2D eigenvalue weighted by molar-refractivity contribution is -0.117. The van der Waals surface area contributed by atoms with E-state index in [1.165, 1.54) is 11.3 Å². The summed E-state index contributed by atoms with van der Waals surface area (Å²) in [5.41, 5.74) is 4.55. The number of morpholine rings is 1. The minimum Gasteiger partial charge on any atom is -0.378 e. The molecule has 1 saturated heterocycles. The topological polar surface area (TPSA) is 41.6 Å². The number of hydrogen-bond donors (Lipinski definition) is 1. The first kappa shape index (κ1) is 19.2. The third-order valence-electron chi connectivity index (χ3n) is 4.84. The molecular formula is C23H28N2O2. The summed E-state index contributed by atoms with van der Waals surface area (Å²) in [6, 6.07) is 16.6. The van der Waals surface area contributed by atoms with Crippen LogP contribution in [0.4, 0.5) is 5.69 Å². The molecule has 1 heterocycles. The highest BCUT2D eigenvalue weighted by molar-refractivity contribution is 5.92. The number of aryl methyl sites for hydroxylation is 1. The van der Waals surface area contributed by atoms with Crippen LogP contribution in [0.5, 0.6) is 0 Å². The van der Waals surface area contributed by atoms with E-state index in [-0.39, 0.29) is 11.9 Å². The van der Waals surface area contributed by atoms with Gasteiger partial charge in [0.25, 0.3) is 0 Å². The highest BCUT2D eigenvalue weighted by atomic mass is 16.5. The van der Waals surface area contributed by atoms with Crippen molar-refractivity contribution in [3.63, 3.8) is 0 Å². The normalized spacial score (nSPS) is 15.7. The number of benzene rings is 2. The number of amides is 1. The fourth-order valence-electron chi connectivity index (χ4n) is 3.35. The molecule has 1 aliphatic heterocycles. The third-order valence-corrected chi connectivity index (χ3v) is 4.84. The summed E-state index contributed by atoms with van der Waals surface area (Å²) in [5, 5.41) is 3.13. The number of nitrogens with zero attached hydrogens (tertiary/aromatic N) is 1. The molecule has 0 radical (unpaired) electrons. The Kier molecular flexibility index (Phi) is 6.66. The molecule has 1 unspecified atom stereocenters. The first-order valence-corrected chi connectivity index (χ1v) is 9.63. The lowest BCUT2D eigenvalue weighted by Crippen LogP contribution is -2.36. The highest BCUT2D eigenvalue weighted by Crippen LogP contribution is 2.23. The van der Waals surface area contributed by atoms with Gasteiger partial charge in [-0.3, -0.25) is 4.79 Å². The van der Waals surface area contributed by atoms with E-state index in [0.717, 1.165) is 43.9 Å². The Morgan fingerprint density at radius 3 is 2.70 bits per heavy atom. The quantitative estimate of drug-likeness (QED) is 0.784. The second kappa shape index (κ2) is 9.38. The Morgan fingerprint density at radius 2 is 1.96 bits per heavy atom. The number of hydrogen-bond acceptors (Lipinski definition) is 3. The Bertz CT molecular complexity index is 794. The maximum atomic E-state index is 12.4. The van der Waals surface area contributed by atoms with Gasteiger partial charge in [0, 0.05) is 24.9 Å². The summed E-state index contributed by atoms with van der Waals surface area (Å²) in [5.74, 6) is -0.0693. The van der Waals surface area contributed by atoms with E-state index >= 15 is 0 Å². The Balaban J connectivity index is 1.66. The largest absolute Gasteiger partial charge is 0.378 e. The van der Waals surface area contributed by atoms with Crippen molar-refractivity contribution in [2.45, 2.75) is 26.3 Å². The molecule has 4 nitrogen and oxygen atoms in total. The molecular weight excluding hydrogens is 336 g/mol. The van der Waals surface area contributed by atoms with Crippen molar-refractivity contribution >= 4 is 17.7 Å². The Labute approximate surface area is 161 Å². The minimum atomic E-state index is -0.0693. The molecule has 27 heavy (non-hydrogen) atoms. The molecule has 1 N–H and O–H groups in total. The summed E-state index contributed by atoms with van der Waals surface area (Å²) in [6.45, 7) is 7.49. The molecule has 0 aromatic heterocycles. The highest BCUT2D eigenvalue weighted by Gasteiger charge is 2.15. The van der Waals surface area contributed by atoms with Crippen molar-refractivity contribution in [1.82, 2.24) is 5.32 Å². The summed E-state index contributed by atoms with van der Waals surface area (Å²) < 4.78 is 5.44. The predicted molar refractivity (Wildman–Crippen MR) is 111 cm³/mol. The van der Waals surface area contributed by atoms with Crippen LogP contribution >= 0.6 is 0 Å². The van der Waals surface area contributed by atoms with Crippen molar-refractivity contribution in [1.29, 1.82) is 0 Å². The number of carbonyl (C=O) groups excluding carboxylic acids is 1. The smallest absolute Gasteiger partial charge is 0.244 e. The van der Waals surface area contributed by atoms with Crippen molar-refractivity contribution in [3.8, 4) is 0 Å². The SMILES string of the molecule is CCC(NC(=O)/C=C/c1cccc(C)c1)c1cccc(N2CCOCC2)c1. The summed E-state index contributed by atoms with van der Waals surface area (Å²) in [7, 11) is 0. The molecule has 0 bridgehead atoms. The molecule has 0 spiro atoms. The van der Waals surface area contributed by atoms with Crippen molar-refractivity contribution < 1.29 is 9.53 Å². The van der Waals surface area contributed by atoms with Crippen LogP contribution < -0.4 is 10.2 Å². The lowest BCUT2D eigenvalue weighted by atomic mass is 10.0. The van der Waals surface area contributed by atoms with Gasteiger partial charge in [0.1, 0.15) is 0 Å². The number of carbonyl (C=O) groups is 1. The second-order valence-electron chi connectivity index (χ2n) is 6.91. The van der Waals surface area contributed by atoms with Crippen LogP contribution in [0.1, 0.15) is 36.1 Å². The molecule has 0 saturated carbocycles. The molecule has 2 aromatic rings. The molecule has 2 aromatic carbocycles. The van der Waals surface area contributed by atoms with E-state index in [4.69, 9.17) is 4.74 Å². The van der Waals surface area contributed by atoms with Gasteiger partial charge < -0.3 is 15.0 Å². The zero-order chi connectivity index (χ0) is 19.1. The van der Waals surface area contributed by atoms with Crippen molar-refractivity contribution in [3.05, 3.63) is 71.3 Å². The summed E-state index contributed by atoms with van der Waals surface area (Å²) in [6.07, 6.45) is 4.32. The zero-order valence-electron chi connectivity index (χ0n) is 16.2. The molecule has 0 aliphatic carbocycles. The van der Waals surface area contributed by atoms with Crippen LogP contribution in [0.15, 0.2) is 54.6 Å². The van der Waals surface area contributed by atoms with Gasteiger partial charge in [0.05, 0.1) is 19.3 Å². The van der Waals surface area contributed by atoms with Gasteiger partial charge in [-0.05, 0) is 42.7 Å². The van der Waals surface area contributed by atoms with Gasteiger partial charge in [-0.2, -0.15) is 0 Å². The predicted octanol–water partition coefficient (Wildman–Crippen LogP) is 4.11. The number of anilines is 1. The Hall–Kier alpha value is -2.59. The lowest BCUT2D eigenvalue weighted by Gasteiger charge is -2.29. The van der Waals surface area contributed by atoms with Gasteiger partial charge in [0.15, 0.2) is 0 Å². The summed E-state index contributed by atoms with van der Waals surface area (Å²) >= 11 is 0. The number of ether oxygens (including phenoxy) is 1. The van der Waals surface area contributed by atoms with Gasteiger partial charge in [-0.1, -0.05) is 48.9 Å².